The first kappa shape index (κ1) is 15.4. The lowest BCUT2D eigenvalue weighted by Gasteiger charge is -2.13. The summed E-state index contributed by atoms with van der Waals surface area (Å²) in [5.74, 6) is 0. The van der Waals surface area contributed by atoms with Gasteiger partial charge in [0.15, 0.2) is 9.84 Å². The summed E-state index contributed by atoms with van der Waals surface area (Å²) >= 11 is 0. The van der Waals surface area contributed by atoms with E-state index in [1.54, 1.807) is 0 Å². The molecule has 0 aromatic heterocycles. The minimum atomic E-state index is -3.87. The smallest absolute Gasteiger partial charge is 0.241 e. The van der Waals surface area contributed by atoms with Crippen LogP contribution < -0.4 is 4.72 Å². The van der Waals surface area contributed by atoms with Gasteiger partial charge in [-0.3, -0.25) is 0 Å². The largest absolute Gasteiger partial charge is 0.377 e. The van der Waals surface area contributed by atoms with E-state index in [-0.39, 0.29) is 22.4 Å². The number of ether oxygens (including phenoxy) is 1. The summed E-state index contributed by atoms with van der Waals surface area (Å²) in [5.41, 5.74) is 0. The first-order valence-corrected chi connectivity index (χ1v) is 9.58. The third-order valence-corrected chi connectivity index (χ3v) is 5.83. The van der Waals surface area contributed by atoms with Crippen LogP contribution in [0.1, 0.15) is 12.8 Å². The topological polar surface area (TPSA) is 89.5 Å². The summed E-state index contributed by atoms with van der Waals surface area (Å²) in [4.78, 5) is -0.416. The molecule has 1 aliphatic rings. The van der Waals surface area contributed by atoms with E-state index in [9.17, 15) is 16.8 Å². The fourth-order valence-electron chi connectivity index (χ4n) is 2.06. The van der Waals surface area contributed by atoms with E-state index in [2.05, 4.69) is 4.72 Å². The second-order valence-corrected chi connectivity index (χ2v) is 8.43. The van der Waals surface area contributed by atoms with Gasteiger partial charge in [0.25, 0.3) is 0 Å². The molecule has 0 radical (unpaired) electrons. The molecule has 1 fully saturated rings. The fourth-order valence-corrected chi connectivity index (χ4v) is 4.76. The Balaban J connectivity index is 2.25. The third-order valence-electron chi connectivity index (χ3n) is 3.06. The Bertz CT molecular complexity index is 676. The molecule has 1 aromatic carbocycles. The second-order valence-electron chi connectivity index (χ2n) is 4.71. The highest BCUT2D eigenvalue weighted by Gasteiger charge is 2.25. The van der Waals surface area contributed by atoms with Crippen LogP contribution in [-0.4, -0.2) is 42.3 Å². The zero-order valence-electron chi connectivity index (χ0n) is 11.1. The molecule has 0 saturated carbocycles. The molecule has 1 unspecified atom stereocenters. The maximum Gasteiger partial charge on any atom is 0.241 e. The van der Waals surface area contributed by atoms with Crippen molar-refractivity contribution in [1.29, 1.82) is 0 Å². The summed E-state index contributed by atoms with van der Waals surface area (Å²) in [6.45, 7) is 0.784. The Morgan fingerprint density at radius 2 is 1.85 bits per heavy atom. The predicted octanol–water partition coefficient (Wildman–Crippen LogP) is 0.547. The molecule has 1 atom stereocenters. The second kappa shape index (κ2) is 5.80. The van der Waals surface area contributed by atoms with E-state index in [0.29, 0.717) is 6.61 Å². The molecule has 0 bridgehead atoms. The highest BCUT2D eigenvalue weighted by atomic mass is 32.2. The average molecular weight is 319 g/mol. The van der Waals surface area contributed by atoms with E-state index in [1.165, 1.54) is 24.3 Å². The van der Waals surface area contributed by atoms with E-state index >= 15 is 0 Å². The summed E-state index contributed by atoms with van der Waals surface area (Å²) in [5, 5.41) is 0. The van der Waals surface area contributed by atoms with E-state index in [0.717, 1.165) is 19.1 Å². The lowest BCUT2D eigenvalue weighted by Crippen LogP contribution is -2.32. The van der Waals surface area contributed by atoms with Gasteiger partial charge < -0.3 is 4.74 Å². The Labute approximate surface area is 119 Å². The first-order valence-electron chi connectivity index (χ1n) is 6.21. The van der Waals surface area contributed by atoms with Gasteiger partial charge >= 0.3 is 0 Å². The molecular weight excluding hydrogens is 302 g/mol. The minimum Gasteiger partial charge on any atom is -0.377 e. The molecule has 112 valence electrons. The SMILES string of the molecule is CS(=O)(=O)c1ccccc1S(=O)(=O)NCC1CCCO1. The molecule has 0 aliphatic carbocycles. The molecular formula is C12H17NO5S2. The molecule has 0 amide bonds. The van der Waals surface area contributed by atoms with E-state index < -0.39 is 19.9 Å². The van der Waals surface area contributed by atoms with Gasteiger partial charge in [-0.1, -0.05) is 12.1 Å². The first-order chi connectivity index (χ1) is 9.31. The minimum absolute atomic E-state index is 0.143. The van der Waals surface area contributed by atoms with Crippen molar-refractivity contribution in [2.75, 3.05) is 19.4 Å². The monoisotopic (exact) mass is 319 g/mol. The normalized spacial score (nSPS) is 20.1. The van der Waals surface area contributed by atoms with Crippen LogP contribution in [0.4, 0.5) is 0 Å². The van der Waals surface area contributed by atoms with Crippen LogP contribution in [-0.2, 0) is 24.6 Å². The number of sulfonamides is 1. The zero-order chi connectivity index (χ0) is 14.8. The van der Waals surface area contributed by atoms with Crippen LogP contribution in [0.3, 0.4) is 0 Å². The predicted molar refractivity (Wildman–Crippen MR) is 73.7 cm³/mol. The summed E-state index contributed by atoms with van der Waals surface area (Å²) in [7, 11) is -7.48. The summed E-state index contributed by atoms with van der Waals surface area (Å²) in [6, 6.07) is 5.56. The molecule has 6 nitrogen and oxygen atoms in total. The maximum absolute atomic E-state index is 12.2. The quantitative estimate of drug-likeness (QED) is 0.856. The van der Waals surface area contributed by atoms with Crippen molar-refractivity contribution in [3.63, 3.8) is 0 Å². The molecule has 20 heavy (non-hydrogen) atoms. The lowest BCUT2D eigenvalue weighted by atomic mass is 10.2. The van der Waals surface area contributed by atoms with Gasteiger partial charge in [-0.05, 0) is 25.0 Å². The number of sulfone groups is 1. The van der Waals surface area contributed by atoms with Crippen molar-refractivity contribution in [2.24, 2.45) is 0 Å². The number of hydrogen-bond donors (Lipinski definition) is 1. The van der Waals surface area contributed by atoms with Gasteiger partial charge in [0.1, 0.15) is 4.90 Å². The molecule has 8 heteroatoms. The van der Waals surface area contributed by atoms with Crippen molar-refractivity contribution in [3.05, 3.63) is 24.3 Å². The van der Waals surface area contributed by atoms with Crippen LogP contribution in [0, 0.1) is 0 Å². The molecule has 0 spiro atoms. The van der Waals surface area contributed by atoms with Crippen molar-refractivity contribution < 1.29 is 21.6 Å². The summed E-state index contributed by atoms with van der Waals surface area (Å²) < 4.78 is 55.5. The molecule has 1 saturated heterocycles. The van der Waals surface area contributed by atoms with Crippen LogP contribution in [0.25, 0.3) is 0 Å². The Morgan fingerprint density at radius 1 is 1.20 bits per heavy atom. The molecule has 1 N–H and O–H groups in total. The van der Waals surface area contributed by atoms with Crippen LogP contribution in [0.5, 0.6) is 0 Å². The van der Waals surface area contributed by atoms with Crippen LogP contribution in [0.2, 0.25) is 0 Å². The van der Waals surface area contributed by atoms with E-state index in [4.69, 9.17) is 4.74 Å². The van der Waals surface area contributed by atoms with Gasteiger partial charge in [0.2, 0.25) is 10.0 Å². The third kappa shape index (κ3) is 3.57. The molecule has 2 rings (SSSR count). The standard InChI is InChI=1S/C12H17NO5S2/c1-19(14,15)11-6-2-3-7-12(11)20(16,17)13-9-10-5-4-8-18-10/h2-3,6-7,10,13H,4-5,8-9H2,1H3. The Hall–Kier alpha value is -0.960. The van der Waals surface area contributed by atoms with Gasteiger partial charge in [-0.2, -0.15) is 0 Å². The average Bonchev–Trinajstić information content (AvgIpc) is 2.89. The highest BCUT2D eigenvalue weighted by molar-refractivity contribution is 7.93. The summed E-state index contributed by atoms with van der Waals surface area (Å²) in [6.07, 6.45) is 2.56. The van der Waals surface area contributed by atoms with Crippen LogP contribution >= 0.6 is 0 Å². The van der Waals surface area contributed by atoms with Crippen molar-refractivity contribution in [1.82, 2.24) is 4.72 Å². The van der Waals surface area contributed by atoms with Gasteiger partial charge in [0, 0.05) is 19.4 Å². The number of rotatable bonds is 5. The van der Waals surface area contributed by atoms with E-state index in [1.807, 2.05) is 0 Å². The Morgan fingerprint density at radius 3 is 2.40 bits per heavy atom. The van der Waals surface area contributed by atoms with Gasteiger partial charge in [-0.15, -0.1) is 0 Å². The maximum atomic E-state index is 12.2. The number of hydrogen-bond acceptors (Lipinski definition) is 5. The van der Waals surface area contributed by atoms with Crippen LogP contribution in [0.15, 0.2) is 34.1 Å². The fraction of sp³-hybridized carbons (Fsp3) is 0.500. The van der Waals surface area contributed by atoms with Crippen molar-refractivity contribution in [2.45, 2.75) is 28.7 Å². The number of nitrogens with one attached hydrogen (secondary N) is 1. The molecule has 1 heterocycles. The van der Waals surface area contributed by atoms with Crippen molar-refractivity contribution >= 4 is 19.9 Å². The van der Waals surface area contributed by atoms with Crippen molar-refractivity contribution in [3.8, 4) is 0 Å². The Kier molecular flexibility index (Phi) is 4.48. The zero-order valence-corrected chi connectivity index (χ0v) is 12.7. The highest BCUT2D eigenvalue weighted by Crippen LogP contribution is 2.20. The molecule has 1 aromatic rings. The lowest BCUT2D eigenvalue weighted by molar-refractivity contribution is 0.114. The number of benzene rings is 1. The van der Waals surface area contributed by atoms with Gasteiger partial charge in [0.05, 0.1) is 11.0 Å². The van der Waals surface area contributed by atoms with Gasteiger partial charge in [-0.25, -0.2) is 21.6 Å². The molecule has 1 aliphatic heterocycles.